The van der Waals surface area contributed by atoms with Crippen LogP contribution in [-0.2, 0) is 4.79 Å². The van der Waals surface area contributed by atoms with Crippen molar-refractivity contribution in [1.29, 1.82) is 0 Å². The molecule has 1 aliphatic carbocycles. The van der Waals surface area contributed by atoms with Crippen molar-refractivity contribution in [3.8, 4) is 0 Å². The van der Waals surface area contributed by atoms with E-state index in [9.17, 15) is 4.79 Å². The van der Waals surface area contributed by atoms with Crippen LogP contribution in [0.25, 0.3) is 0 Å². The van der Waals surface area contributed by atoms with Crippen molar-refractivity contribution in [2.45, 2.75) is 46.5 Å². The maximum absolute atomic E-state index is 12.2. The van der Waals surface area contributed by atoms with Gasteiger partial charge in [0, 0.05) is 5.41 Å². The Morgan fingerprint density at radius 3 is 2.50 bits per heavy atom. The van der Waals surface area contributed by atoms with E-state index in [1.807, 2.05) is 13.8 Å². The molecule has 1 aromatic heterocycles. The summed E-state index contributed by atoms with van der Waals surface area (Å²) in [7, 11) is 0. The highest BCUT2D eigenvalue weighted by Gasteiger charge is 2.36. The van der Waals surface area contributed by atoms with Crippen molar-refractivity contribution in [2.75, 3.05) is 5.32 Å². The van der Waals surface area contributed by atoms with Crippen LogP contribution in [0.1, 0.15) is 44.0 Å². The molecule has 0 spiro atoms. The Balaban J connectivity index is 2.13. The lowest BCUT2D eigenvalue weighted by atomic mass is 9.88. The molecule has 0 saturated heterocycles. The number of carbonyl (C=O) groups excluding carboxylic acids is 1. The van der Waals surface area contributed by atoms with Gasteiger partial charge in [0.25, 0.3) is 0 Å². The number of hydrogen-bond acceptors (Lipinski definition) is 2. The third-order valence-corrected chi connectivity index (χ3v) is 3.62. The summed E-state index contributed by atoms with van der Waals surface area (Å²) in [6.45, 7) is 5.88. The topological polar surface area (TPSA) is 57.8 Å². The number of aryl methyl sites for hydroxylation is 2. The van der Waals surface area contributed by atoms with E-state index < -0.39 is 0 Å². The van der Waals surface area contributed by atoms with Gasteiger partial charge in [-0.2, -0.15) is 5.10 Å². The molecule has 0 bridgehead atoms. The second kappa shape index (κ2) is 3.92. The number of H-pyrrole nitrogens is 1. The van der Waals surface area contributed by atoms with Crippen molar-refractivity contribution in [1.82, 2.24) is 10.2 Å². The lowest BCUT2D eigenvalue weighted by Gasteiger charge is -2.22. The maximum atomic E-state index is 12.2. The van der Waals surface area contributed by atoms with Crippen LogP contribution in [0, 0.1) is 19.3 Å². The SMILES string of the molecule is Cc1n[nH]c(C)c1NC(=O)C1(C)CCCC1. The number of hydrogen-bond donors (Lipinski definition) is 2. The van der Waals surface area contributed by atoms with Gasteiger partial charge in [-0.3, -0.25) is 9.89 Å². The molecule has 1 saturated carbocycles. The maximum Gasteiger partial charge on any atom is 0.230 e. The molecule has 4 nitrogen and oxygen atoms in total. The van der Waals surface area contributed by atoms with Crippen LogP contribution in [0.2, 0.25) is 0 Å². The van der Waals surface area contributed by atoms with Crippen molar-refractivity contribution in [3.05, 3.63) is 11.4 Å². The van der Waals surface area contributed by atoms with Crippen LogP contribution < -0.4 is 5.32 Å². The van der Waals surface area contributed by atoms with E-state index in [-0.39, 0.29) is 11.3 Å². The highest BCUT2D eigenvalue weighted by molar-refractivity contribution is 5.96. The Labute approximate surface area is 95.8 Å². The molecule has 0 atom stereocenters. The van der Waals surface area contributed by atoms with Crippen molar-refractivity contribution in [2.24, 2.45) is 5.41 Å². The molecule has 16 heavy (non-hydrogen) atoms. The van der Waals surface area contributed by atoms with E-state index in [4.69, 9.17) is 0 Å². The first-order valence-electron chi connectivity index (χ1n) is 5.86. The first-order chi connectivity index (χ1) is 7.53. The predicted octanol–water partition coefficient (Wildman–Crippen LogP) is 2.55. The highest BCUT2D eigenvalue weighted by atomic mass is 16.2. The van der Waals surface area contributed by atoms with Gasteiger partial charge < -0.3 is 5.32 Å². The summed E-state index contributed by atoms with van der Waals surface area (Å²) in [6.07, 6.45) is 4.31. The number of nitrogens with zero attached hydrogens (tertiary/aromatic N) is 1. The summed E-state index contributed by atoms with van der Waals surface area (Å²) in [6, 6.07) is 0. The second-order valence-electron chi connectivity index (χ2n) is 5.03. The van der Waals surface area contributed by atoms with Gasteiger partial charge in [-0.1, -0.05) is 19.8 Å². The number of amides is 1. The lowest BCUT2D eigenvalue weighted by Crippen LogP contribution is -2.31. The van der Waals surface area contributed by atoms with Crippen LogP contribution in [0.3, 0.4) is 0 Å². The summed E-state index contributed by atoms with van der Waals surface area (Å²) in [5, 5.41) is 9.97. The lowest BCUT2D eigenvalue weighted by molar-refractivity contribution is -0.124. The van der Waals surface area contributed by atoms with E-state index in [0.29, 0.717) is 0 Å². The molecule has 0 aromatic carbocycles. The molecule has 0 unspecified atom stereocenters. The second-order valence-corrected chi connectivity index (χ2v) is 5.03. The molecule has 1 heterocycles. The third kappa shape index (κ3) is 1.84. The number of rotatable bonds is 2. The van der Waals surface area contributed by atoms with Crippen LogP contribution in [0.4, 0.5) is 5.69 Å². The normalized spacial score (nSPS) is 18.7. The first-order valence-corrected chi connectivity index (χ1v) is 5.86. The summed E-state index contributed by atoms with van der Waals surface area (Å²) in [5.41, 5.74) is 2.44. The molecule has 1 aromatic rings. The van der Waals surface area contributed by atoms with Crippen LogP contribution in [-0.4, -0.2) is 16.1 Å². The monoisotopic (exact) mass is 221 g/mol. The van der Waals surface area contributed by atoms with Gasteiger partial charge in [0.2, 0.25) is 5.91 Å². The molecule has 1 fully saturated rings. The fourth-order valence-electron chi connectivity index (χ4n) is 2.38. The van der Waals surface area contributed by atoms with Crippen molar-refractivity contribution < 1.29 is 4.79 Å². The molecule has 1 aliphatic rings. The molecular weight excluding hydrogens is 202 g/mol. The quantitative estimate of drug-likeness (QED) is 0.806. The minimum Gasteiger partial charge on any atom is -0.323 e. The number of nitrogens with one attached hydrogen (secondary N) is 2. The summed E-state index contributed by atoms with van der Waals surface area (Å²) in [5.74, 6) is 0.137. The average Bonchev–Trinajstić information content (AvgIpc) is 2.80. The average molecular weight is 221 g/mol. The highest BCUT2D eigenvalue weighted by Crippen LogP contribution is 2.38. The van der Waals surface area contributed by atoms with Crippen molar-refractivity contribution in [3.63, 3.8) is 0 Å². The van der Waals surface area contributed by atoms with Gasteiger partial charge in [0.05, 0.1) is 17.1 Å². The third-order valence-electron chi connectivity index (χ3n) is 3.62. The standard InChI is InChI=1S/C12H19N3O/c1-8-10(9(2)15-14-8)13-11(16)12(3)6-4-5-7-12/h4-7H2,1-3H3,(H,13,16)(H,14,15). The molecule has 2 N–H and O–H groups in total. The Morgan fingerprint density at radius 1 is 1.38 bits per heavy atom. The van der Waals surface area contributed by atoms with Gasteiger partial charge >= 0.3 is 0 Å². The van der Waals surface area contributed by atoms with Gasteiger partial charge in [-0.05, 0) is 26.7 Å². The molecular formula is C12H19N3O. The molecule has 1 amide bonds. The molecule has 0 aliphatic heterocycles. The van der Waals surface area contributed by atoms with E-state index in [1.54, 1.807) is 0 Å². The minimum absolute atomic E-state index is 0.137. The zero-order valence-corrected chi connectivity index (χ0v) is 10.2. The predicted molar refractivity (Wildman–Crippen MR) is 63.3 cm³/mol. The number of aromatic nitrogens is 2. The van der Waals surface area contributed by atoms with Crippen LogP contribution in [0.15, 0.2) is 0 Å². The fourth-order valence-corrected chi connectivity index (χ4v) is 2.38. The smallest absolute Gasteiger partial charge is 0.230 e. The Kier molecular flexibility index (Phi) is 2.74. The van der Waals surface area contributed by atoms with Crippen molar-refractivity contribution >= 4 is 11.6 Å². The number of anilines is 1. The Hall–Kier alpha value is -1.32. The Bertz CT molecular complexity index is 383. The number of carbonyl (C=O) groups is 1. The molecule has 88 valence electrons. The molecule has 4 heteroatoms. The van der Waals surface area contributed by atoms with Gasteiger partial charge in [0.15, 0.2) is 0 Å². The van der Waals surface area contributed by atoms with Crippen LogP contribution in [0.5, 0.6) is 0 Å². The van der Waals surface area contributed by atoms with Gasteiger partial charge in [0.1, 0.15) is 0 Å². The zero-order chi connectivity index (χ0) is 11.8. The first kappa shape index (κ1) is 11.2. The van der Waals surface area contributed by atoms with E-state index >= 15 is 0 Å². The largest absolute Gasteiger partial charge is 0.323 e. The van der Waals surface area contributed by atoms with E-state index in [1.165, 1.54) is 0 Å². The zero-order valence-electron chi connectivity index (χ0n) is 10.2. The van der Waals surface area contributed by atoms with Crippen LogP contribution >= 0.6 is 0 Å². The van der Waals surface area contributed by atoms with Gasteiger partial charge in [-0.25, -0.2) is 0 Å². The van der Waals surface area contributed by atoms with E-state index in [0.717, 1.165) is 42.8 Å². The fraction of sp³-hybridized carbons (Fsp3) is 0.667. The van der Waals surface area contributed by atoms with Gasteiger partial charge in [-0.15, -0.1) is 0 Å². The molecule has 2 rings (SSSR count). The van der Waals surface area contributed by atoms with E-state index in [2.05, 4.69) is 22.4 Å². The minimum atomic E-state index is -0.184. The Morgan fingerprint density at radius 2 is 2.00 bits per heavy atom. The molecule has 0 radical (unpaired) electrons. The summed E-state index contributed by atoms with van der Waals surface area (Å²) in [4.78, 5) is 12.2. The summed E-state index contributed by atoms with van der Waals surface area (Å²) >= 11 is 0. The summed E-state index contributed by atoms with van der Waals surface area (Å²) < 4.78 is 0. The number of aromatic amines is 1.